The van der Waals surface area contributed by atoms with Gasteiger partial charge in [-0.1, -0.05) is 0 Å². The number of hydrogen-bond acceptors (Lipinski definition) is 5. The zero-order chi connectivity index (χ0) is 11.5. The molecule has 6 nitrogen and oxygen atoms in total. The predicted molar refractivity (Wildman–Crippen MR) is 63.7 cm³/mol. The van der Waals surface area contributed by atoms with Crippen molar-refractivity contribution in [2.45, 2.75) is 0 Å². The molecule has 16 heavy (non-hydrogen) atoms. The fourth-order valence-electron chi connectivity index (χ4n) is 1.68. The first-order chi connectivity index (χ1) is 7.68. The molecule has 0 saturated carbocycles. The maximum absolute atomic E-state index is 10.9. The van der Waals surface area contributed by atoms with E-state index in [-0.39, 0.29) is 5.69 Å². The molecule has 1 aliphatic heterocycles. The summed E-state index contributed by atoms with van der Waals surface area (Å²) < 4.78 is 0.623. The van der Waals surface area contributed by atoms with Crippen molar-refractivity contribution in [1.82, 2.24) is 10.3 Å². The third kappa shape index (κ3) is 2.30. The Kier molecular flexibility index (Phi) is 3.35. The second-order valence-electron chi connectivity index (χ2n) is 3.49. The third-order valence-corrected chi connectivity index (χ3v) is 2.86. The van der Waals surface area contributed by atoms with E-state index in [0.29, 0.717) is 10.3 Å². The van der Waals surface area contributed by atoms with E-state index >= 15 is 0 Å². The van der Waals surface area contributed by atoms with Gasteiger partial charge in [0, 0.05) is 42.9 Å². The van der Waals surface area contributed by atoms with Crippen LogP contribution < -0.4 is 10.2 Å². The summed E-state index contributed by atoms with van der Waals surface area (Å²) >= 11 is 3.19. The van der Waals surface area contributed by atoms with Crippen LogP contribution in [-0.4, -0.2) is 36.1 Å². The molecule has 0 bridgehead atoms. The summed E-state index contributed by atoms with van der Waals surface area (Å²) in [5.74, 6) is 0.453. The molecular formula is C9H11BrN4O2. The molecule has 1 N–H and O–H groups in total. The number of nitro groups is 1. The molecule has 2 heterocycles. The van der Waals surface area contributed by atoms with Crippen molar-refractivity contribution in [3.05, 3.63) is 26.9 Å². The number of pyridine rings is 1. The number of hydrogen-bond donors (Lipinski definition) is 1. The highest BCUT2D eigenvalue weighted by Gasteiger charge is 2.22. The summed E-state index contributed by atoms with van der Waals surface area (Å²) in [7, 11) is 0. The number of anilines is 1. The van der Waals surface area contributed by atoms with Crippen LogP contribution in [0.15, 0.2) is 16.7 Å². The smallest absolute Gasteiger partial charge is 0.312 e. The van der Waals surface area contributed by atoms with Crippen molar-refractivity contribution in [3.8, 4) is 0 Å². The Morgan fingerprint density at radius 2 is 2.19 bits per heavy atom. The van der Waals surface area contributed by atoms with Gasteiger partial charge in [0.2, 0.25) is 5.82 Å². The molecule has 2 rings (SSSR count). The Morgan fingerprint density at radius 3 is 2.81 bits per heavy atom. The topological polar surface area (TPSA) is 71.3 Å². The molecule has 0 atom stereocenters. The van der Waals surface area contributed by atoms with Gasteiger partial charge >= 0.3 is 5.69 Å². The first kappa shape index (κ1) is 11.3. The number of nitrogens with one attached hydrogen (secondary N) is 1. The van der Waals surface area contributed by atoms with Gasteiger partial charge in [-0.2, -0.15) is 0 Å². The molecule has 0 radical (unpaired) electrons. The van der Waals surface area contributed by atoms with Crippen molar-refractivity contribution in [2.24, 2.45) is 0 Å². The molecule has 0 aliphatic carbocycles. The molecular weight excluding hydrogens is 276 g/mol. The maximum Gasteiger partial charge on any atom is 0.312 e. The lowest BCUT2D eigenvalue weighted by Gasteiger charge is -2.27. The van der Waals surface area contributed by atoms with Gasteiger partial charge in [-0.15, -0.1) is 0 Å². The molecule has 0 aromatic carbocycles. The highest BCUT2D eigenvalue weighted by Crippen LogP contribution is 2.28. The average molecular weight is 287 g/mol. The highest BCUT2D eigenvalue weighted by atomic mass is 79.9. The van der Waals surface area contributed by atoms with Crippen molar-refractivity contribution in [3.63, 3.8) is 0 Å². The average Bonchev–Trinajstić information content (AvgIpc) is 2.30. The molecule has 86 valence electrons. The van der Waals surface area contributed by atoms with Gasteiger partial charge in [0.25, 0.3) is 0 Å². The summed E-state index contributed by atoms with van der Waals surface area (Å²) in [4.78, 5) is 16.6. The minimum Gasteiger partial charge on any atom is -0.348 e. The first-order valence-electron chi connectivity index (χ1n) is 4.94. The first-order valence-corrected chi connectivity index (χ1v) is 5.73. The van der Waals surface area contributed by atoms with Crippen LogP contribution in [0.2, 0.25) is 0 Å². The number of halogens is 1. The van der Waals surface area contributed by atoms with Crippen LogP contribution >= 0.6 is 15.9 Å². The molecule has 0 amide bonds. The lowest BCUT2D eigenvalue weighted by Crippen LogP contribution is -2.44. The number of nitrogens with zero attached hydrogens (tertiary/aromatic N) is 3. The number of aromatic nitrogens is 1. The Balaban J connectivity index is 2.34. The Hall–Kier alpha value is -1.21. The summed E-state index contributed by atoms with van der Waals surface area (Å²) in [6.07, 6.45) is 1.59. The van der Waals surface area contributed by atoms with Crippen LogP contribution in [0.4, 0.5) is 11.5 Å². The van der Waals surface area contributed by atoms with Gasteiger partial charge in [-0.05, 0) is 15.9 Å². The summed E-state index contributed by atoms with van der Waals surface area (Å²) in [5, 5.41) is 14.1. The van der Waals surface area contributed by atoms with E-state index in [1.54, 1.807) is 6.20 Å². The van der Waals surface area contributed by atoms with Crippen molar-refractivity contribution in [1.29, 1.82) is 0 Å². The lowest BCUT2D eigenvalue weighted by molar-refractivity contribution is -0.384. The van der Waals surface area contributed by atoms with Gasteiger partial charge in [-0.25, -0.2) is 4.98 Å². The largest absolute Gasteiger partial charge is 0.348 e. The SMILES string of the molecule is O=[N+]([O-])c1cc(Br)cnc1N1CCNCC1. The van der Waals surface area contributed by atoms with Gasteiger partial charge in [0.15, 0.2) is 0 Å². The lowest BCUT2D eigenvalue weighted by atomic mass is 10.3. The zero-order valence-corrected chi connectivity index (χ0v) is 10.1. The van der Waals surface area contributed by atoms with Crippen molar-refractivity contribution in [2.75, 3.05) is 31.1 Å². The Bertz CT molecular complexity index is 406. The monoisotopic (exact) mass is 286 g/mol. The second-order valence-corrected chi connectivity index (χ2v) is 4.41. The molecule has 7 heteroatoms. The van der Waals surface area contributed by atoms with Crippen LogP contribution in [0.3, 0.4) is 0 Å². The second kappa shape index (κ2) is 4.75. The maximum atomic E-state index is 10.9. The fourth-order valence-corrected chi connectivity index (χ4v) is 2.00. The highest BCUT2D eigenvalue weighted by molar-refractivity contribution is 9.10. The normalized spacial score (nSPS) is 16.2. The fraction of sp³-hybridized carbons (Fsp3) is 0.444. The van der Waals surface area contributed by atoms with E-state index in [2.05, 4.69) is 26.2 Å². The minimum absolute atomic E-state index is 0.0521. The Labute approximate surface area is 101 Å². The molecule has 0 unspecified atom stereocenters. The molecule has 1 saturated heterocycles. The third-order valence-electron chi connectivity index (χ3n) is 2.43. The standard InChI is InChI=1S/C9H11BrN4O2/c10-7-5-8(14(15)16)9(12-6-7)13-3-1-11-2-4-13/h5-6,11H,1-4H2. The summed E-state index contributed by atoms with van der Waals surface area (Å²) in [6, 6.07) is 1.49. The van der Waals surface area contributed by atoms with Crippen LogP contribution in [0.1, 0.15) is 0 Å². The van der Waals surface area contributed by atoms with E-state index in [0.717, 1.165) is 26.2 Å². The van der Waals surface area contributed by atoms with E-state index in [4.69, 9.17) is 0 Å². The van der Waals surface area contributed by atoms with Gasteiger partial charge in [0.1, 0.15) is 0 Å². The van der Waals surface area contributed by atoms with E-state index < -0.39 is 4.92 Å². The molecule has 0 spiro atoms. The quantitative estimate of drug-likeness (QED) is 0.653. The zero-order valence-electron chi connectivity index (χ0n) is 8.52. The van der Waals surface area contributed by atoms with Crippen LogP contribution in [0.25, 0.3) is 0 Å². The predicted octanol–water partition coefficient (Wildman–Crippen LogP) is 1.16. The van der Waals surface area contributed by atoms with E-state index in [9.17, 15) is 10.1 Å². The van der Waals surface area contributed by atoms with E-state index in [1.165, 1.54) is 6.07 Å². The molecule has 1 fully saturated rings. The van der Waals surface area contributed by atoms with Gasteiger partial charge < -0.3 is 10.2 Å². The summed E-state index contributed by atoms with van der Waals surface area (Å²) in [6.45, 7) is 3.15. The van der Waals surface area contributed by atoms with E-state index in [1.807, 2.05) is 4.90 Å². The molecule has 1 aliphatic rings. The summed E-state index contributed by atoms with van der Waals surface area (Å²) in [5.41, 5.74) is 0.0521. The number of piperazine rings is 1. The van der Waals surface area contributed by atoms with Crippen LogP contribution in [0, 0.1) is 10.1 Å². The van der Waals surface area contributed by atoms with Crippen molar-refractivity contribution >= 4 is 27.4 Å². The van der Waals surface area contributed by atoms with Gasteiger partial charge in [-0.3, -0.25) is 10.1 Å². The van der Waals surface area contributed by atoms with Crippen LogP contribution in [-0.2, 0) is 0 Å². The number of rotatable bonds is 2. The Morgan fingerprint density at radius 1 is 1.50 bits per heavy atom. The molecule has 1 aromatic rings. The van der Waals surface area contributed by atoms with Gasteiger partial charge in [0.05, 0.1) is 4.92 Å². The van der Waals surface area contributed by atoms with Crippen molar-refractivity contribution < 1.29 is 4.92 Å². The van der Waals surface area contributed by atoms with Crippen LogP contribution in [0.5, 0.6) is 0 Å². The molecule has 1 aromatic heterocycles. The minimum atomic E-state index is -0.394.